The lowest BCUT2D eigenvalue weighted by Gasteiger charge is -2.32. The average Bonchev–Trinajstić information content (AvgIpc) is 3.52. The van der Waals surface area contributed by atoms with Crippen molar-refractivity contribution in [2.45, 2.75) is 36.7 Å². The smallest absolute Gasteiger partial charge is 0.241 e. The second kappa shape index (κ2) is 9.11. The zero-order valence-corrected chi connectivity index (χ0v) is 21.3. The molecule has 0 radical (unpaired) electrons. The second-order valence-electron chi connectivity index (χ2n) is 9.96. The number of benzene rings is 3. The first-order chi connectivity index (χ1) is 17.8. The maximum Gasteiger partial charge on any atom is 0.241 e. The van der Waals surface area contributed by atoms with Crippen LogP contribution in [0.1, 0.15) is 30.4 Å². The summed E-state index contributed by atoms with van der Waals surface area (Å²) in [7, 11) is -2.19. The standard InChI is InChI=1S/C29H29NO6S/c1-35-24-14-8-21(9-15-24)30(17-18-2-3-18)37(33,34)26-16-25-27(19-4-10-22(31)11-5-19)28(29(26)36-25)20-6-12-23(32)13-7-20/h4-15,18,25-26,29,31-32H,2-3,16-17H2,1H3. The minimum Gasteiger partial charge on any atom is -0.508 e. The van der Waals surface area contributed by atoms with Crippen molar-refractivity contribution in [3.05, 3.63) is 83.9 Å². The molecule has 7 nitrogen and oxygen atoms in total. The first kappa shape index (κ1) is 23.9. The van der Waals surface area contributed by atoms with Gasteiger partial charge in [-0.05, 0) is 96.0 Å². The molecule has 192 valence electrons. The van der Waals surface area contributed by atoms with Gasteiger partial charge >= 0.3 is 0 Å². The monoisotopic (exact) mass is 519 g/mol. The van der Waals surface area contributed by atoms with Crippen LogP contribution in [0.5, 0.6) is 17.2 Å². The molecule has 0 amide bonds. The van der Waals surface area contributed by atoms with Crippen molar-refractivity contribution in [3.8, 4) is 17.2 Å². The zero-order valence-electron chi connectivity index (χ0n) is 20.4. The predicted molar refractivity (Wildman–Crippen MR) is 142 cm³/mol. The fourth-order valence-electron chi connectivity index (χ4n) is 5.45. The summed E-state index contributed by atoms with van der Waals surface area (Å²) in [6.07, 6.45) is 1.36. The molecule has 2 N–H and O–H groups in total. The second-order valence-corrected chi connectivity index (χ2v) is 12.0. The van der Waals surface area contributed by atoms with E-state index in [1.807, 2.05) is 12.1 Å². The zero-order chi connectivity index (χ0) is 25.7. The topological polar surface area (TPSA) is 96.3 Å². The molecule has 0 aromatic heterocycles. The van der Waals surface area contributed by atoms with E-state index >= 15 is 0 Å². The van der Waals surface area contributed by atoms with Crippen LogP contribution < -0.4 is 9.04 Å². The number of methoxy groups -OCH3 is 1. The van der Waals surface area contributed by atoms with Crippen LogP contribution in [0, 0.1) is 5.92 Å². The first-order valence-electron chi connectivity index (χ1n) is 12.5. The van der Waals surface area contributed by atoms with E-state index in [0.717, 1.165) is 35.1 Å². The number of fused-ring (bicyclic) bond motifs is 2. The number of aromatic hydroxyl groups is 2. The Morgan fingerprint density at radius 3 is 1.97 bits per heavy atom. The number of phenols is 2. The molecule has 2 fully saturated rings. The molecule has 6 rings (SSSR count). The molecule has 3 aromatic carbocycles. The SMILES string of the molecule is COc1ccc(N(CC2CC2)S(=O)(=O)C2CC3OC2C(c2ccc(O)cc2)=C3c2ccc(O)cc2)cc1. The van der Waals surface area contributed by atoms with Gasteiger partial charge in [0.05, 0.1) is 18.9 Å². The molecule has 3 aliphatic rings. The molecule has 2 heterocycles. The lowest BCUT2D eigenvalue weighted by molar-refractivity contribution is 0.128. The Kier molecular flexibility index (Phi) is 5.88. The molecule has 2 bridgehead atoms. The number of ether oxygens (including phenoxy) is 2. The van der Waals surface area contributed by atoms with Crippen LogP contribution in [0.3, 0.4) is 0 Å². The Bertz CT molecular complexity index is 1430. The van der Waals surface area contributed by atoms with E-state index in [1.165, 1.54) is 0 Å². The van der Waals surface area contributed by atoms with Gasteiger partial charge in [-0.3, -0.25) is 4.31 Å². The highest BCUT2D eigenvalue weighted by atomic mass is 32.2. The van der Waals surface area contributed by atoms with Crippen LogP contribution in [0.2, 0.25) is 0 Å². The summed E-state index contributed by atoms with van der Waals surface area (Å²) in [6, 6.07) is 20.9. The minimum absolute atomic E-state index is 0.138. The maximum atomic E-state index is 14.3. The van der Waals surface area contributed by atoms with Crippen molar-refractivity contribution in [2.75, 3.05) is 18.0 Å². The van der Waals surface area contributed by atoms with Gasteiger partial charge in [0.2, 0.25) is 10.0 Å². The van der Waals surface area contributed by atoms with Gasteiger partial charge in [-0.15, -0.1) is 0 Å². The Morgan fingerprint density at radius 1 is 0.865 bits per heavy atom. The molecule has 1 aliphatic carbocycles. The van der Waals surface area contributed by atoms with E-state index in [-0.39, 0.29) is 11.5 Å². The molecule has 0 spiro atoms. The van der Waals surface area contributed by atoms with Crippen molar-refractivity contribution in [2.24, 2.45) is 5.92 Å². The van der Waals surface area contributed by atoms with Crippen LogP contribution in [-0.4, -0.2) is 49.7 Å². The van der Waals surface area contributed by atoms with Gasteiger partial charge < -0.3 is 19.7 Å². The Labute approximate surface area is 216 Å². The van der Waals surface area contributed by atoms with Crippen LogP contribution in [0.4, 0.5) is 5.69 Å². The molecule has 8 heteroatoms. The number of anilines is 1. The molecular formula is C29H29NO6S. The van der Waals surface area contributed by atoms with Crippen molar-refractivity contribution in [3.63, 3.8) is 0 Å². The largest absolute Gasteiger partial charge is 0.508 e. The highest BCUT2D eigenvalue weighted by molar-refractivity contribution is 7.93. The maximum absolute atomic E-state index is 14.3. The van der Waals surface area contributed by atoms with E-state index in [4.69, 9.17) is 9.47 Å². The fourth-order valence-corrected chi connectivity index (χ4v) is 7.54. The van der Waals surface area contributed by atoms with E-state index in [1.54, 1.807) is 72.1 Å². The van der Waals surface area contributed by atoms with Gasteiger partial charge in [-0.25, -0.2) is 8.42 Å². The Balaban J connectivity index is 1.42. The minimum atomic E-state index is -3.78. The van der Waals surface area contributed by atoms with Crippen molar-refractivity contribution in [1.29, 1.82) is 0 Å². The summed E-state index contributed by atoms with van der Waals surface area (Å²) in [6.45, 7) is 0.450. The van der Waals surface area contributed by atoms with Crippen LogP contribution in [-0.2, 0) is 14.8 Å². The van der Waals surface area contributed by atoms with Gasteiger partial charge in [-0.2, -0.15) is 0 Å². The third-order valence-corrected chi connectivity index (χ3v) is 9.70. The summed E-state index contributed by atoms with van der Waals surface area (Å²) in [5, 5.41) is 18.9. The molecule has 3 atom stereocenters. The molecule has 3 unspecified atom stereocenters. The summed E-state index contributed by atoms with van der Waals surface area (Å²) in [4.78, 5) is 0. The van der Waals surface area contributed by atoms with E-state index in [2.05, 4.69) is 0 Å². The molecular weight excluding hydrogens is 490 g/mol. The van der Waals surface area contributed by atoms with Crippen molar-refractivity contribution in [1.82, 2.24) is 0 Å². The van der Waals surface area contributed by atoms with Crippen molar-refractivity contribution >= 4 is 26.9 Å². The molecule has 1 saturated heterocycles. The van der Waals surface area contributed by atoms with Gasteiger partial charge in [0.1, 0.15) is 28.6 Å². The molecule has 37 heavy (non-hydrogen) atoms. The van der Waals surface area contributed by atoms with Crippen molar-refractivity contribution < 1.29 is 28.1 Å². The quantitative estimate of drug-likeness (QED) is 0.444. The lowest BCUT2D eigenvalue weighted by Crippen LogP contribution is -2.44. The highest BCUT2D eigenvalue weighted by Crippen LogP contribution is 2.51. The third kappa shape index (κ3) is 4.34. The summed E-state index contributed by atoms with van der Waals surface area (Å²) in [5.74, 6) is 1.33. The normalized spacial score (nSPS) is 22.9. The first-order valence-corrected chi connectivity index (χ1v) is 14.0. The fraction of sp³-hybridized carbons (Fsp3) is 0.310. The van der Waals surface area contributed by atoms with E-state index in [0.29, 0.717) is 30.3 Å². The van der Waals surface area contributed by atoms with Gasteiger partial charge in [-0.1, -0.05) is 24.3 Å². The van der Waals surface area contributed by atoms with Crippen LogP contribution in [0.25, 0.3) is 11.1 Å². The Morgan fingerprint density at radius 2 is 1.43 bits per heavy atom. The number of nitrogens with zero attached hydrogens (tertiary/aromatic N) is 1. The summed E-state index contributed by atoms with van der Waals surface area (Å²) < 4.78 is 41.8. The van der Waals surface area contributed by atoms with E-state index in [9.17, 15) is 18.6 Å². The molecule has 1 saturated carbocycles. The highest BCUT2D eigenvalue weighted by Gasteiger charge is 2.54. The number of sulfonamides is 1. The number of phenolic OH excluding ortho intramolecular Hbond substituents is 2. The van der Waals surface area contributed by atoms with E-state index < -0.39 is 27.5 Å². The number of hydrogen-bond acceptors (Lipinski definition) is 6. The third-order valence-electron chi connectivity index (χ3n) is 7.52. The van der Waals surface area contributed by atoms with Crippen LogP contribution in [0.15, 0.2) is 72.8 Å². The number of rotatable bonds is 8. The summed E-state index contributed by atoms with van der Waals surface area (Å²) >= 11 is 0. The van der Waals surface area contributed by atoms with Gasteiger partial charge in [0.15, 0.2) is 0 Å². The predicted octanol–water partition coefficient (Wildman–Crippen LogP) is 4.80. The molecule has 3 aromatic rings. The average molecular weight is 520 g/mol. The lowest BCUT2D eigenvalue weighted by atomic mass is 9.83. The van der Waals surface area contributed by atoms with Gasteiger partial charge in [0.25, 0.3) is 0 Å². The molecule has 2 aliphatic heterocycles. The Hall–Kier alpha value is -3.49. The number of hydrogen-bond donors (Lipinski definition) is 2. The van der Waals surface area contributed by atoms with Crippen LogP contribution >= 0.6 is 0 Å². The van der Waals surface area contributed by atoms with Gasteiger partial charge in [0, 0.05) is 6.54 Å². The summed E-state index contributed by atoms with van der Waals surface area (Å²) in [5.41, 5.74) is 4.07.